The summed E-state index contributed by atoms with van der Waals surface area (Å²) >= 11 is 0. The van der Waals surface area contributed by atoms with E-state index in [0.29, 0.717) is 39.2 Å². The van der Waals surface area contributed by atoms with Gasteiger partial charge in [-0.1, -0.05) is 6.92 Å². The number of nitrogens with zero attached hydrogens (tertiary/aromatic N) is 1. The molecule has 1 fully saturated rings. The van der Waals surface area contributed by atoms with Crippen LogP contribution in [0.1, 0.15) is 13.3 Å². The molecule has 1 rings (SSSR count). The molecule has 1 aliphatic heterocycles. The van der Waals surface area contributed by atoms with Gasteiger partial charge < -0.3 is 20.1 Å². The van der Waals surface area contributed by atoms with Crippen LogP contribution in [-0.2, 0) is 9.53 Å². The van der Waals surface area contributed by atoms with Gasteiger partial charge in [0.15, 0.2) is 0 Å². The second kappa shape index (κ2) is 5.44. The molecular formula is C10H20N2O3. The Labute approximate surface area is 90.4 Å². The summed E-state index contributed by atoms with van der Waals surface area (Å²) in [6.45, 7) is 4.46. The van der Waals surface area contributed by atoms with E-state index in [-0.39, 0.29) is 5.91 Å². The molecule has 0 aromatic rings. The van der Waals surface area contributed by atoms with Crippen LogP contribution < -0.4 is 5.32 Å². The molecule has 1 heterocycles. The number of hydrogen-bond acceptors (Lipinski definition) is 4. The van der Waals surface area contributed by atoms with Crippen molar-refractivity contribution in [2.75, 3.05) is 39.9 Å². The van der Waals surface area contributed by atoms with Gasteiger partial charge in [0.25, 0.3) is 0 Å². The van der Waals surface area contributed by atoms with Crippen molar-refractivity contribution in [2.45, 2.75) is 18.9 Å². The molecule has 5 heteroatoms. The van der Waals surface area contributed by atoms with Crippen LogP contribution in [0, 0.1) is 0 Å². The first-order valence-electron chi connectivity index (χ1n) is 5.31. The number of rotatable bonds is 6. The van der Waals surface area contributed by atoms with E-state index in [9.17, 15) is 9.90 Å². The average Bonchev–Trinajstić information content (AvgIpc) is 2.19. The first kappa shape index (κ1) is 12.4. The summed E-state index contributed by atoms with van der Waals surface area (Å²) in [5.74, 6) is 0.0456. The number of ether oxygens (including phenoxy) is 1. The van der Waals surface area contributed by atoms with Crippen LogP contribution in [0.3, 0.4) is 0 Å². The number of nitrogens with one attached hydrogen (secondary N) is 1. The Morgan fingerprint density at radius 1 is 1.60 bits per heavy atom. The van der Waals surface area contributed by atoms with Crippen molar-refractivity contribution < 1.29 is 14.6 Å². The number of carbonyl (C=O) groups is 1. The van der Waals surface area contributed by atoms with Crippen molar-refractivity contribution in [3.05, 3.63) is 0 Å². The fourth-order valence-corrected chi connectivity index (χ4v) is 1.55. The summed E-state index contributed by atoms with van der Waals surface area (Å²) < 4.78 is 4.85. The van der Waals surface area contributed by atoms with E-state index in [1.54, 1.807) is 12.0 Å². The van der Waals surface area contributed by atoms with E-state index in [1.165, 1.54) is 0 Å². The molecule has 1 amide bonds. The molecule has 5 nitrogen and oxygen atoms in total. The second-order valence-electron chi connectivity index (χ2n) is 4.00. The molecule has 0 unspecified atom stereocenters. The SMILES string of the molecule is CCC1(O)CN(C(=O)CNCCOC)C1. The predicted octanol–water partition coefficient (Wildman–Crippen LogP) is -0.794. The zero-order chi connectivity index (χ0) is 11.3. The number of hydrogen-bond donors (Lipinski definition) is 2. The number of aliphatic hydroxyl groups is 1. The molecule has 0 spiro atoms. The van der Waals surface area contributed by atoms with Gasteiger partial charge in [-0.15, -0.1) is 0 Å². The Morgan fingerprint density at radius 3 is 2.80 bits per heavy atom. The first-order valence-corrected chi connectivity index (χ1v) is 5.31. The summed E-state index contributed by atoms with van der Waals surface area (Å²) in [5.41, 5.74) is -0.637. The van der Waals surface area contributed by atoms with Crippen molar-refractivity contribution in [3.8, 4) is 0 Å². The van der Waals surface area contributed by atoms with Crippen molar-refractivity contribution in [1.29, 1.82) is 0 Å². The van der Waals surface area contributed by atoms with Gasteiger partial charge in [0, 0.05) is 13.7 Å². The van der Waals surface area contributed by atoms with Gasteiger partial charge in [0.1, 0.15) is 0 Å². The van der Waals surface area contributed by atoms with E-state index in [4.69, 9.17) is 4.74 Å². The standard InChI is InChI=1S/C10H20N2O3/c1-3-10(14)7-12(8-10)9(13)6-11-4-5-15-2/h11,14H,3-8H2,1-2H3. The summed E-state index contributed by atoms with van der Waals surface area (Å²) in [6, 6.07) is 0. The molecule has 0 bridgehead atoms. The fraction of sp³-hybridized carbons (Fsp3) is 0.900. The first-order chi connectivity index (χ1) is 7.11. The minimum Gasteiger partial charge on any atom is -0.386 e. The highest BCUT2D eigenvalue weighted by Crippen LogP contribution is 2.23. The zero-order valence-electron chi connectivity index (χ0n) is 9.45. The summed E-state index contributed by atoms with van der Waals surface area (Å²) in [5, 5.41) is 12.7. The lowest BCUT2D eigenvalue weighted by Crippen LogP contribution is -2.64. The average molecular weight is 216 g/mol. The van der Waals surface area contributed by atoms with E-state index in [1.807, 2.05) is 6.92 Å². The van der Waals surface area contributed by atoms with Crippen molar-refractivity contribution in [3.63, 3.8) is 0 Å². The highest BCUT2D eigenvalue weighted by Gasteiger charge is 2.41. The molecule has 0 saturated carbocycles. The normalized spacial score (nSPS) is 18.7. The Balaban J connectivity index is 2.10. The molecule has 0 aliphatic carbocycles. The Kier molecular flexibility index (Phi) is 4.50. The van der Waals surface area contributed by atoms with Crippen LogP contribution in [0.2, 0.25) is 0 Å². The molecule has 0 aromatic carbocycles. The van der Waals surface area contributed by atoms with Gasteiger partial charge in [0.05, 0.1) is 31.8 Å². The van der Waals surface area contributed by atoms with Crippen molar-refractivity contribution in [1.82, 2.24) is 10.2 Å². The van der Waals surface area contributed by atoms with E-state index >= 15 is 0 Å². The monoisotopic (exact) mass is 216 g/mol. The van der Waals surface area contributed by atoms with Gasteiger partial charge >= 0.3 is 0 Å². The van der Waals surface area contributed by atoms with Gasteiger partial charge in [-0.05, 0) is 6.42 Å². The lowest BCUT2D eigenvalue weighted by atomic mass is 9.91. The van der Waals surface area contributed by atoms with Crippen LogP contribution in [0.4, 0.5) is 0 Å². The summed E-state index contributed by atoms with van der Waals surface area (Å²) in [4.78, 5) is 13.2. The summed E-state index contributed by atoms with van der Waals surface area (Å²) in [6.07, 6.45) is 0.702. The number of amides is 1. The van der Waals surface area contributed by atoms with Gasteiger partial charge in [-0.3, -0.25) is 4.79 Å². The van der Waals surface area contributed by atoms with Gasteiger partial charge in [0.2, 0.25) is 5.91 Å². The highest BCUT2D eigenvalue weighted by atomic mass is 16.5. The maximum atomic E-state index is 11.5. The molecule has 88 valence electrons. The second-order valence-corrected chi connectivity index (χ2v) is 4.00. The van der Waals surface area contributed by atoms with Crippen molar-refractivity contribution in [2.24, 2.45) is 0 Å². The maximum absolute atomic E-state index is 11.5. The Hall–Kier alpha value is -0.650. The molecule has 15 heavy (non-hydrogen) atoms. The fourth-order valence-electron chi connectivity index (χ4n) is 1.55. The van der Waals surface area contributed by atoms with E-state index in [2.05, 4.69) is 5.32 Å². The lowest BCUT2D eigenvalue weighted by Gasteiger charge is -2.46. The third-order valence-electron chi connectivity index (χ3n) is 2.74. The Morgan fingerprint density at radius 2 is 2.27 bits per heavy atom. The Bertz CT molecular complexity index is 215. The highest BCUT2D eigenvalue weighted by molar-refractivity contribution is 5.79. The van der Waals surface area contributed by atoms with Crippen LogP contribution in [0.25, 0.3) is 0 Å². The van der Waals surface area contributed by atoms with Crippen LogP contribution in [0.5, 0.6) is 0 Å². The quantitative estimate of drug-likeness (QED) is 0.571. The van der Waals surface area contributed by atoms with Crippen LogP contribution >= 0.6 is 0 Å². The minimum atomic E-state index is -0.637. The summed E-state index contributed by atoms with van der Waals surface area (Å²) in [7, 11) is 1.63. The minimum absolute atomic E-state index is 0.0456. The third kappa shape index (κ3) is 3.44. The number of carbonyl (C=O) groups excluding carboxylic acids is 1. The lowest BCUT2D eigenvalue weighted by molar-refractivity contribution is -0.154. The molecule has 1 saturated heterocycles. The van der Waals surface area contributed by atoms with Crippen LogP contribution in [0.15, 0.2) is 0 Å². The molecule has 0 aromatic heterocycles. The van der Waals surface area contributed by atoms with Gasteiger partial charge in [-0.25, -0.2) is 0 Å². The molecule has 0 radical (unpaired) electrons. The molecule has 2 N–H and O–H groups in total. The number of β-amino-alcohol motifs (C(OH)–C–C–N with tert-alkyl or cyclic N) is 1. The zero-order valence-corrected chi connectivity index (χ0v) is 9.45. The maximum Gasteiger partial charge on any atom is 0.236 e. The number of likely N-dealkylation sites (tertiary alicyclic amines) is 1. The van der Waals surface area contributed by atoms with E-state index in [0.717, 1.165) is 0 Å². The topological polar surface area (TPSA) is 61.8 Å². The molecule has 0 atom stereocenters. The predicted molar refractivity (Wildman–Crippen MR) is 56.6 cm³/mol. The van der Waals surface area contributed by atoms with Crippen LogP contribution in [-0.4, -0.2) is 61.4 Å². The largest absolute Gasteiger partial charge is 0.386 e. The third-order valence-corrected chi connectivity index (χ3v) is 2.74. The van der Waals surface area contributed by atoms with Gasteiger partial charge in [-0.2, -0.15) is 0 Å². The van der Waals surface area contributed by atoms with E-state index < -0.39 is 5.60 Å². The van der Waals surface area contributed by atoms with Crippen molar-refractivity contribution >= 4 is 5.91 Å². The molecular weight excluding hydrogens is 196 g/mol. The smallest absolute Gasteiger partial charge is 0.236 e. The molecule has 1 aliphatic rings. The number of methoxy groups -OCH3 is 1.